The zero-order valence-electron chi connectivity index (χ0n) is 17.8. The second-order valence-corrected chi connectivity index (χ2v) is 7.98. The van der Waals surface area contributed by atoms with Crippen molar-refractivity contribution in [2.24, 2.45) is 0 Å². The molecule has 8 nitrogen and oxygen atoms in total. The third-order valence-corrected chi connectivity index (χ3v) is 6.41. The molecule has 0 saturated carbocycles. The molecule has 0 aliphatic carbocycles. The van der Waals surface area contributed by atoms with Gasteiger partial charge in [-0.25, -0.2) is 14.8 Å². The van der Waals surface area contributed by atoms with Crippen LogP contribution in [0.5, 0.6) is 0 Å². The molecule has 3 heterocycles. The first-order valence-electron chi connectivity index (χ1n) is 10.1. The average Bonchev–Trinajstić information content (AvgIpc) is 3.04. The predicted octanol–water partition coefficient (Wildman–Crippen LogP) is 3.07. The van der Waals surface area contributed by atoms with E-state index in [1.54, 1.807) is 11.8 Å². The summed E-state index contributed by atoms with van der Waals surface area (Å²) in [5.74, 6) is 1.61. The van der Waals surface area contributed by atoms with Gasteiger partial charge in [-0.3, -0.25) is 4.79 Å². The van der Waals surface area contributed by atoms with Crippen molar-refractivity contribution < 1.29 is 14.3 Å². The lowest BCUT2D eigenvalue weighted by molar-refractivity contribution is 0.0574. The van der Waals surface area contributed by atoms with Gasteiger partial charge in [0.2, 0.25) is 0 Å². The SMILES string of the molecule is CCOC(=O)N1CCN(C(=O)c2sc3nc(C)nc(N(CC)CC)c3c2C)CC1. The van der Waals surface area contributed by atoms with Gasteiger partial charge in [0, 0.05) is 39.3 Å². The summed E-state index contributed by atoms with van der Waals surface area (Å²) >= 11 is 1.43. The lowest BCUT2D eigenvalue weighted by Gasteiger charge is -2.33. The second kappa shape index (κ2) is 8.94. The number of nitrogens with zero attached hydrogens (tertiary/aromatic N) is 5. The Morgan fingerprint density at radius 2 is 1.66 bits per heavy atom. The van der Waals surface area contributed by atoms with E-state index >= 15 is 0 Å². The van der Waals surface area contributed by atoms with E-state index in [2.05, 4.69) is 28.7 Å². The molecule has 158 valence electrons. The van der Waals surface area contributed by atoms with Crippen LogP contribution in [0.2, 0.25) is 0 Å². The zero-order chi connectivity index (χ0) is 21.1. The van der Waals surface area contributed by atoms with Crippen LogP contribution in [0.1, 0.15) is 41.8 Å². The van der Waals surface area contributed by atoms with Crippen LogP contribution in [0.25, 0.3) is 10.2 Å². The van der Waals surface area contributed by atoms with Gasteiger partial charge in [-0.1, -0.05) is 0 Å². The highest BCUT2D eigenvalue weighted by Crippen LogP contribution is 2.36. The summed E-state index contributed by atoms with van der Waals surface area (Å²) in [6, 6.07) is 0. The van der Waals surface area contributed by atoms with Crippen LogP contribution in [-0.2, 0) is 4.74 Å². The van der Waals surface area contributed by atoms with Crippen LogP contribution >= 0.6 is 11.3 Å². The van der Waals surface area contributed by atoms with E-state index < -0.39 is 0 Å². The summed E-state index contributed by atoms with van der Waals surface area (Å²) in [6.45, 7) is 13.9. The molecule has 0 spiro atoms. The van der Waals surface area contributed by atoms with Crippen molar-refractivity contribution in [3.05, 3.63) is 16.3 Å². The van der Waals surface area contributed by atoms with Crippen molar-refractivity contribution in [1.29, 1.82) is 0 Å². The van der Waals surface area contributed by atoms with E-state index in [0.717, 1.165) is 34.7 Å². The molecule has 0 atom stereocenters. The minimum absolute atomic E-state index is 0.00263. The van der Waals surface area contributed by atoms with Gasteiger partial charge in [0.15, 0.2) is 0 Å². The van der Waals surface area contributed by atoms with E-state index in [4.69, 9.17) is 4.74 Å². The van der Waals surface area contributed by atoms with Gasteiger partial charge in [-0.2, -0.15) is 0 Å². The van der Waals surface area contributed by atoms with Crippen molar-refractivity contribution >= 4 is 39.4 Å². The Hall–Kier alpha value is -2.42. The molecule has 2 amide bonds. The average molecular weight is 420 g/mol. The van der Waals surface area contributed by atoms with Gasteiger partial charge in [0.1, 0.15) is 16.5 Å². The van der Waals surface area contributed by atoms with Crippen LogP contribution in [-0.4, -0.2) is 77.6 Å². The van der Waals surface area contributed by atoms with Crippen molar-refractivity contribution in [3.63, 3.8) is 0 Å². The molecule has 1 aliphatic heterocycles. The van der Waals surface area contributed by atoms with Crippen molar-refractivity contribution in [3.8, 4) is 0 Å². The van der Waals surface area contributed by atoms with Crippen LogP contribution in [0.4, 0.5) is 10.6 Å². The number of piperazine rings is 1. The number of fused-ring (bicyclic) bond motifs is 1. The quantitative estimate of drug-likeness (QED) is 0.741. The van der Waals surface area contributed by atoms with Crippen molar-refractivity contribution in [1.82, 2.24) is 19.8 Å². The summed E-state index contributed by atoms with van der Waals surface area (Å²) in [5, 5.41) is 0.970. The topological polar surface area (TPSA) is 78.9 Å². The third-order valence-electron chi connectivity index (χ3n) is 5.23. The number of thiophene rings is 1. The number of anilines is 1. The highest BCUT2D eigenvalue weighted by atomic mass is 32.1. The number of carbonyl (C=O) groups is 2. The van der Waals surface area contributed by atoms with E-state index in [1.165, 1.54) is 11.3 Å². The Morgan fingerprint density at radius 3 is 2.24 bits per heavy atom. The standard InChI is InChI=1S/C20H29N5O3S/c1-6-23(7-2)17-15-13(4)16(29-18(15)22-14(5)21-17)19(26)24-9-11-25(12-10-24)20(27)28-8-3/h6-12H2,1-5H3. The van der Waals surface area contributed by atoms with Crippen LogP contribution in [0, 0.1) is 13.8 Å². The summed E-state index contributed by atoms with van der Waals surface area (Å²) < 4.78 is 5.05. The molecular weight excluding hydrogens is 390 g/mol. The molecule has 0 aromatic carbocycles. The van der Waals surface area contributed by atoms with E-state index in [9.17, 15) is 9.59 Å². The number of amides is 2. The Labute approximate surface area is 175 Å². The Morgan fingerprint density at radius 1 is 1.03 bits per heavy atom. The molecule has 0 unspecified atom stereocenters. The molecule has 2 aromatic heterocycles. The van der Waals surface area contributed by atoms with Crippen LogP contribution < -0.4 is 4.90 Å². The molecule has 2 aromatic rings. The van der Waals surface area contributed by atoms with E-state index in [0.29, 0.717) is 43.5 Å². The summed E-state index contributed by atoms with van der Waals surface area (Å²) in [5.41, 5.74) is 0.935. The fourth-order valence-electron chi connectivity index (χ4n) is 3.63. The molecule has 1 aliphatic rings. The first-order chi connectivity index (χ1) is 13.9. The second-order valence-electron chi connectivity index (χ2n) is 6.98. The van der Waals surface area contributed by atoms with Gasteiger partial charge >= 0.3 is 6.09 Å². The molecule has 1 fully saturated rings. The van der Waals surface area contributed by atoms with E-state index in [1.807, 2.05) is 18.7 Å². The van der Waals surface area contributed by atoms with E-state index in [-0.39, 0.29) is 12.0 Å². The monoisotopic (exact) mass is 419 g/mol. The van der Waals surface area contributed by atoms with Gasteiger partial charge in [0.25, 0.3) is 5.91 Å². The normalized spacial score (nSPS) is 14.4. The largest absolute Gasteiger partial charge is 0.450 e. The van der Waals surface area contributed by atoms with Gasteiger partial charge in [-0.05, 0) is 40.2 Å². The highest BCUT2D eigenvalue weighted by Gasteiger charge is 2.29. The highest BCUT2D eigenvalue weighted by molar-refractivity contribution is 7.20. The van der Waals surface area contributed by atoms with Crippen molar-refractivity contribution in [2.75, 3.05) is 50.8 Å². The summed E-state index contributed by atoms with van der Waals surface area (Å²) in [6.07, 6.45) is -0.313. The molecule has 1 saturated heterocycles. The molecule has 0 bridgehead atoms. The molecule has 0 radical (unpaired) electrons. The lowest BCUT2D eigenvalue weighted by Crippen LogP contribution is -2.50. The molecule has 29 heavy (non-hydrogen) atoms. The first-order valence-corrected chi connectivity index (χ1v) is 11.0. The fraction of sp³-hybridized carbons (Fsp3) is 0.600. The minimum atomic E-state index is -0.313. The third kappa shape index (κ3) is 4.14. The Balaban J connectivity index is 1.87. The maximum atomic E-state index is 13.2. The summed E-state index contributed by atoms with van der Waals surface area (Å²) in [4.78, 5) is 41.6. The Bertz CT molecular complexity index is 901. The molecule has 9 heteroatoms. The fourth-order valence-corrected chi connectivity index (χ4v) is 4.82. The smallest absolute Gasteiger partial charge is 0.409 e. The zero-order valence-corrected chi connectivity index (χ0v) is 18.6. The van der Waals surface area contributed by atoms with Crippen LogP contribution in [0.3, 0.4) is 0 Å². The number of aryl methyl sites for hydroxylation is 2. The first kappa shape index (κ1) is 21.3. The minimum Gasteiger partial charge on any atom is -0.450 e. The number of hydrogen-bond donors (Lipinski definition) is 0. The molecule has 3 rings (SSSR count). The number of carbonyl (C=O) groups excluding carboxylic acids is 2. The Kier molecular flexibility index (Phi) is 6.56. The number of aromatic nitrogens is 2. The molecule has 0 N–H and O–H groups in total. The maximum Gasteiger partial charge on any atom is 0.409 e. The number of ether oxygens (including phenoxy) is 1. The van der Waals surface area contributed by atoms with Gasteiger partial charge < -0.3 is 19.4 Å². The summed E-state index contributed by atoms with van der Waals surface area (Å²) in [7, 11) is 0. The van der Waals surface area contributed by atoms with Gasteiger partial charge in [-0.15, -0.1) is 11.3 Å². The lowest BCUT2D eigenvalue weighted by atomic mass is 10.1. The maximum absolute atomic E-state index is 13.2. The van der Waals surface area contributed by atoms with Gasteiger partial charge in [0.05, 0.1) is 16.9 Å². The number of rotatable bonds is 5. The number of hydrogen-bond acceptors (Lipinski definition) is 7. The van der Waals surface area contributed by atoms with Crippen LogP contribution in [0.15, 0.2) is 0 Å². The molecular formula is C20H29N5O3S. The predicted molar refractivity (Wildman–Crippen MR) is 115 cm³/mol. The van der Waals surface area contributed by atoms with Crippen molar-refractivity contribution in [2.45, 2.75) is 34.6 Å².